The molecule has 0 bridgehead atoms. The normalized spacial score (nSPS) is 14.0. The first kappa shape index (κ1) is 48.7. The minimum Gasteiger partial charge on any atom is -0.459 e. The molecule has 2 aliphatic heterocycles. The van der Waals surface area contributed by atoms with Crippen molar-refractivity contribution >= 4 is 78.0 Å². The Morgan fingerprint density at radius 1 is 0.239 bits per heavy atom. The van der Waals surface area contributed by atoms with Crippen LogP contribution in [0.2, 0.25) is 0 Å². The topological polar surface area (TPSA) is 59.0 Å². The van der Waals surface area contributed by atoms with E-state index in [1.165, 1.54) is 0 Å². The van der Waals surface area contributed by atoms with Crippen molar-refractivity contribution < 1.29 is 17.7 Å². The molecule has 0 fully saturated rings. The van der Waals surface area contributed by atoms with Crippen LogP contribution in [-0.4, -0.2) is 0 Å². The summed E-state index contributed by atoms with van der Waals surface area (Å²) in [5.41, 5.74) is 19.1. The monoisotopic (exact) mass is 1130 g/mol. The molecule has 0 saturated carbocycles. The molecule has 3 aliphatic rings. The molecule has 0 radical (unpaired) electrons. The number of furan rings is 4. The Hall–Kier alpha value is -11.6. The maximum atomic E-state index is 8.31. The average Bonchev–Trinajstić information content (AvgIpc) is 1.29. The molecule has 16 aromatic rings. The minimum atomic E-state index is -1.16. The van der Waals surface area contributed by atoms with Crippen LogP contribution < -0.4 is 9.80 Å². The fourth-order valence-corrected chi connectivity index (χ4v) is 15.3. The molecule has 4 aromatic heterocycles. The molecule has 19 rings (SSSR count). The van der Waals surface area contributed by atoms with Crippen molar-refractivity contribution in [1.82, 2.24) is 0 Å². The lowest BCUT2D eigenvalue weighted by molar-refractivity contribution is 0.400. The first-order valence-corrected chi connectivity index (χ1v) is 30.0. The van der Waals surface area contributed by atoms with Gasteiger partial charge in [0.2, 0.25) is 0 Å². The van der Waals surface area contributed by atoms with Crippen LogP contribution in [-0.2, 0) is 10.8 Å². The first-order valence-electron chi connectivity index (χ1n) is 30.0. The van der Waals surface area contributed by atoms with Crippen molar-refractivity contribution in [3.63, 3.8) is 0 Å². The summed E-state index contributed by atoms with van der Waals surface area (Å²) in [4.78, 5) is 4.83. The van der Waals surface area contributed by atoms with Crippen molar-refractivity contribution in [3.05, 3.63) is 348 Å². The molecular formula is C82H50N2O4. The van der Waals surface area contributed by atoms with Crippen LogP contribution in [0.5, 0.6) is 0 Å². The van der Waals surface area contributed by atoms with Crippen LogP contribution >= 0.6 is 0 Å². The molecule has 0 unspecified atom stereocenters. The van der Waals surface area contributed by atoms with Gasteiger partial charge in [0.05, 0.1) is 33.9 Å². The highest BCUT2D eigenvalue weighted by Crippen LogP contribution is 2.70. The summed E-state index contributed by atoms with van der Waals surface area (Å²) in [6.45, 7) is 0. The Morgan fingerprint density at radius 3 is 0.932 bits per heavy atom. The van der Waals surface area contributed by atoms with Crippen LogP contribution in [0, 0.1) is 0 Å². The van der Waals surface area contributed by atoms with Gasteiger partial charge in [-0.25, -0.2) is 0 Å². The number of para-hydroxylation sites is 8. The molecule has 2 spiro atoms. The lowest BCUT2D eigenvalue weighted by Crippen LogP contribution is -2.48. The number of hydrogen-bond donors (Lipinski definition) is 0. The smallest absolute Gasteiger partial charge is 0.146 e. The zero-order valence-corrected chi connectivity index (χ0v) is 47.4. The van der Waals surface area contributed by atoms with E-state index in [1.54, 1.807) is 0 Å². The lowest BCUT2D eigenvalue weighted by atomic mass is 9.53. The summed E-state index contributed by atoms with van der Waals surface area (Å²) < 4.78 is 30.8. The van der Waals surface area contributed by atoms with Gasteiger partial charge in [-0.1, -0.05) is 206 Å². The maximum absolute atomic E-state index is 8.31. The third kappa shape index (κ3) is 6.60. The second kappa shape index (κ2) is 18.5. The molecule has 0 amide bonds. The predicted molar refractivity (Wildman–Crippen MR) is 354 cm³/mol. The number of nitrogens with zero attached hydrogens (tertiary/aromatic N) is 2. The van der Waals surface area contributed by atoms with Crippen LogP contribution in [0.3, 0.4) is 0 Å². The molecule has 6 heterocycles. The highest BCUT2D eigenvalue weighted by molar-refractivity contribution is 6.13. The third-order valence-electron chi connectivity index (χ3n) is 18.9. The Balaban J connectivity index is 1.01. The van der Waals surface area contributed by atoms with Gasteiger partial charge in [-0.05, 0) is 142 Å². The molecule has 0 N–H and O–H groups in total. The Labute approximate surface area is 506 Å². The van der Waals surface area contributed by atoms with E-state index < -0.39 is 10.8 Å². The molecule has 12 aromatic carbocycles. The number of rotatable bonds is 6. The van der Waals surface area contributed by atoms with E-state index in [1.807, 2.05) is 12.1 Å². The largest absolute Gasteiger partial charge is 0.459 e. The minimum absolute atomic E-state index is 0.677. The van der Waals surface area contributed by atoms with Crippen molar-refractivity contribution in [2.75, 3.05) is 9.80 Å². The summed E-state index contributed by atoms with van der Waals surface area (Å²) in [6, 6.07) is 109. The van der Waals surface area contributed by atoms with Gasteiger partial charge in [-0.2, -0.15) is 0 Å². The van der Waals surface area contributed by atoms with Gasteiger partial charge in [-0.3, -0.25) is 0 Å². The average molecular weight is 1130 g/mol. The third-order valence-corrected chi connectivity index (χ3v) is 18.9. The second-order valence-corrected chi connectivity index (χ2v) is 23.3. The molecule has 6 heteroatoms. The lowest BCUT2D eigenvalue weighted by Gasteiger charge is -2.52. The molecule has 88 heavy (non-hydrogen) atoms. The number of anilines is 6. The van der Waals surface area contributed by atoms with Gasteiger partial charge in [0.1, 0.15) is 56.2 Å². The van der Waals surface area contributed by atoms with Crippen molar-refractivity contribution in [3.8, 4) is 44.9 Å². The zero-order chi connectivity index (χ0) is 57.7. The fourth-order valence-electron chi connectivity index (χ4n) is 15.3. The quantitative estimate of drug-likeness (QED) is 0.165. The van der Waals surface area contributed by atoms with Crippen molar-refractivity contribution in [1.29, 1.82) is 0 Å². The van der Waals surface area contributed by atoms with E-state index in [0.29, 0.717) is 11.5 Å². The molecular weight excluding hydrogens is 1080 g/mol. The van der Waals surface area contributed by atoms with E-state index in [4.69, 9.17) is 17.7 Å². The standard InChI is InChI=1S/C82H50N2O4/c1-5-25-51(26-6-1)53-45-59-57-33-13-23-43-73(57)85-77(59)61(47-53)75-49-67-79(87-75)82(65-37-17-21-41-71(65)84(56-31-11-4-12-32-56)72-42-22-18-38-66(72)82)68-50-76(62-48-54(52-27-7-2-8-28-52)46-60-58-34-14-24-44-74(58)86-78(60)62)88-80(68)81(67)63-35-15-19-39-69(63)83(55-29-9-3-10-30-55)70-40-20-16-36-64(70)81/h1-50H. The van der Waals surface area contributed by atoms with Gasteiger partial charge in [-0.15, -0.1) is 0 Å². The fraction of sp³-hybridized carbons (Fsp3) is 0.0244. The van der Waals surface area contributed by atoms with Gasteiger partial charge in [0.15, 0.2) is 0 Å². The number of fused-ring (bicyclic) bond motifs is 20. The highest BCUT2D eigenvalue weighted by Gasteiger charge is 2.64. The van der Waals surface area contributed by atoms with Crippen molar-refractivity contribution in [2.24, 2.45) is 0 Å². The van der Waals surface area contributed by atoms with E-state index >= 15 is 0 Å². The Kier molecular flexibility index (Phi) is 10.2. The van der Waals surface area contributed by atoms with Crippen molar-refractivity contribution in [2.45, 2.75) is 10.8 Å². The van der Waals surface area contributed by atoms with Gasteiger partial charge in [0.25, 0.3) is 0 Å². The van der Waals surface area contributed by atoms with Crippen LogP contribution in [0.1, 0.15) is 44.9 Å². The van der Waals surface area contributed by atoms with Gasteiger partial charge in [0, 0.05) is 44.0 Å². The molecule has 412 valence electrons. The SMILES string of the molecule is c1ccc(-c2cc(-c3cc4c(o3)C3(c5ccccc5N(c5ccccc5)c5ccccc53)c3cc(-c5cc(-c6ccccc6)cc6c5oc5ccccc56)oc3C43c4ccccc4N(c4ccccc4)c4ccccc43)c3oc4ccccc4c3c2)cc1. The molecule has 1 aliphatic carbocycles. The molecule has 0 atom stereocenters. The predicted octanol–water partition coefficient (Wildman–Crippen LogP) is 22.0. The first-order chi connectivity index (χ1) is 43.6. The van der Waals surface area contributed by atoms with Gasteiger partial charge < -0.3 is 27.5 Å². The van der Waals surface area contributed by atoms with E-state index in [-0.39, 0.29) is 0 Å². The van der Waals surface area contributed by atoms with Crippen LogP contribution in [0.4, 0.5) is 34.1 Å². The number of hydrogen-bond acceptors (Lipinski definition) is 6. The summed E-state index contributed by atoms with van der Waals surface area (Å²) in [5, 5.41) is 4.09. The molecule has 0 saturated heterocycles. The zero-order valence-electron chi connectivity index (χ0n) is 47.4. The Bertz CT molecular complexity index is 4990. The highest BCUT2D eigenvalue weighted by atomic mass is 16.4. The van der Waals surface area contributed by atoms with Crippen LogP contribution in [0.25, 0.3) is 88.8 Å². The van der Waals surface area contributed by atoms with Gasteiger partial charge >= 0.3 is 0 Å². The maximum Gasteiger partial charge on any atom is 0.146 e. The summed E-state index contributed by atoms with van der Waals surface area (Å²) in [5.74, 6) is 2.93. The molecule has 6 nitrogen and oxygen atoms in total. The van der Waals surface area contributed by atoms with E-state index in [2.05, 4.69) is 301 Å². The summed E-state index contributed by atoms with van der Waals surface area (Å²) in [7, 11) is 0. The number of benzene rings is 12. The summed E-state index contributed by atoms with van der Waals surface area (Å²) in [6.07, 6.45) is 0. The van der Waals surface area contributed by atoms with E-state index in [9.17, 15) is 0 Å². The second-order valence-electron chi connectivity index (χ2n) is 23.3. The Morgan fingerprint density at radius 2 is 0.557 bits per heavy atom. The van der Waals surface area contributed by atoms with E-state index in [0.717, 1.165) is 156 Å². The summed E-state index contributed by atoms with van der Waals surface area (Å²) >= 11 is 0. The van der Waals surface area contributed by atoms with Crippen LogP contribution in [0.15, 0.2) is 321 Å².